The molecule has 3 nitrogen and oxygen atoms in total. The van der Waals surface area contributed by atoms with Crippen LogP contribution in [0, 0.1) is 11.7 Å². The summed E-state index contributed by atoms with van der Waals surface area (Å²) in [4.78, 5) is 13.7. The number of carboxylic acid groups (broad SMARTS) is 1. The van der Waals surface area contributed by atoms with Crippen LogP contribution in [-0.4, -0.2) is 28.6 Å². The second-order valence-electron chi connectivity index (χ2n) is 6.37. The Kier molecular flexibility index (Phi) is 5.34. The van der Waals surface area contributed by atoms with E-state index in [-0.39, 0.29) is 5.56 Å². The van der Waals surface area contributed by atoms with Crippen LogP contribution in [0.2, 0.25) is 0 Å². The summed E-state index contributed by atoms with van der Waals surface area (Å²) in [5.74, 6) is -1.02. The van der Waals surface area contributed by atoms with Crippen LogP contribution in [0.4, 0.5) is 4.39 Å². The van der Waals surface area contributed by atoms with Crippen molar-refractivity contribution in [1.29, 1.82) is 0 Å². The van der Waals surface area contributed by atoms with Gasteiger partial charge in [0.15, 0.2) is 0 Å². The third kappa shape index (κ3) is 4.27. The first-order valence-corrected chi connectivity index (χ1v) is 7.73. The Balaban J connectivity index is 2.21. The number of halogens is 1. The number of hydrogen-bond donors (Lipinski definition) is 1. The predicted octanol–water partition coefficient (Wildman–Crippen LogP) is 3.92. The van der Waals surface area contributed by atoms with Crippen LogP contribution in [0.5, 0.6) is 0 Å². The fourth-order valence-corrected chi connectivity index (χ4v) is 3.19. The number of rotatable bonds is 6. The Morgan fingerprint density at radius 3 is 2.62 bits per heavy atom. The first kappa shape index (κ1) is 16.0. The third-order valence-corrected chi connectivity index (χ3v) is 4.12. The first-order chi connectivity index (χ1) is 9.97. The largest absolute Gasteiger partial charge is 0.478 e. The number of hydrogen-bond acceptors (Lipinski definition) is 2. The summed E-state index contributed by atoms with van der Waals surface area (Å²) in [7, 11) is 0. The van der Waals surface area contributed by atoms with Gasteiger partial charge in [-0.3, -0.25) is 4.90 Å². The van der Waals surface area contributed by atoms with Crippen molar-refractivity contribution in [3.63, 3.8) is 0 Å². The van der Waals surface area contributed by atoms with Crippen molar-refractivity contribution in [3.8, 4) is 0 Å². The van der Waals surface area contributed by atoms with Gasteiger partial charge in [-0.25, -0.2) is 9.18 Å². The molecular weight excluding hydrogens is 269 g/mol. The molecule has 116 valence electrons. The van der Waals surface area contributed by atoms with Crippen LogP contribution in [0.25, 0.3) is 0 Å². The fraction of sp³-hybridized carbons (Fsp3) is 0.588. The van der Waals surface area contributed by atoms with E-state index in [0.717, 1.165) is 12.6 Å². The SMILES string of the molecule is CC(C)CN(Cc1ccc(F)cc1C(=O)O)C1CCCC1. The molecular formula is C17H24FNO2. The molecule has 2 rings (SSSR count). The van der Waals surface area contributed by atoms with E-state index in [9.17, 15) is 14.3 Å². The van der Waals surface area contributed by atoms with Gasteiger partial charge in [0, 0.05) is 19.1 Å². The fourth-order valence-electron chi connectivity index (χ4n) is 3.19. The van der Waals surface area contributed by atoms with Gasteiger partial charge in [-0.15, -0.1) is 0 Å². The second kappa shape index (κ2) is 7.03. The third-order valence-electron chi connectivity index (χ3n) is 4.12. The molecule has 0 atom stereocenters. The Morgan fingerprint density at radius 1 is 1.38 bits per heavy atom. The van der Waals surface area contributed by atoms with Gasteiger partial charge in [-0.1, -0.05) is 32.8 Å². The zero-order chi connectivity index (χ0) is 15.4. The quantitative estimate of drug-likeness (QED) is 0.864. The molecule has 4 heteroatoms. The molecule has 1 aromatic carbocycles. The van der Waals surface area contributed by atoms with Crippen molar-refractivity contribution >= 4 is 5.97 Å². The summed E-state index contributed by atoms with van der Waals surface area (Å²) < 4.78 is 13.3. The molecule has 0 aromatic heterocycles. The maximum atomic E-state index is 13.3. The number of aromatic carboxylic acids is 1. The summed E-state index contributed by atoms with van der Waals surface area (Å²) in [6, 6.07) is 4.62. The maximum Gasteiger partial charge on any atom is 0.336 e. The molecule has 0 amide bonds. The molecule has 0 spiro atoms. The first-order valence-electron chi connectivity index (χ1n) is 7.73. The van der Waals surface area contributed by atoms with Crippen molar-refractivity contribution in [1.82, 2.24) is 4.90 Å². The molecule has 1 aliphatic rings. The lowest BCUT2D eigenvalue weighted by atomic mass is 10.0. The van der Waals surface area contributed by atoms with Crippen LogP contribution in [0.1, 0.15) is 55.5 Å². The van der Waals surface area contributed by atoms with Gasteiger partial charge in [-0.2, -0.15) is 0 Å². The zero-order valence-electron chi connectivity index (χ0n) is 12.8. The van der Waals surface area contributed by atoms with Crippen LogP contribution < -0.4 is 0 Å². The molecule has 0 saturated heterocycles. The van der Waals surface area contributed by atoms with E-state index in [2.05, 4.69) is 18.7 Å². The van der Waals surface area contributed by atoms with Gasteiger partial charge in [0.25, 0.3) is 0 Å². The van der Waals surface area contributed by atoms with Gasteiger partial charge < -0.3 is 5.11 Å². The molecule has 0 heterocycles. The Labute approximate surface area is 125 Å². The molecule has 1 N–H and O–H groups in total. The Bertz CT molecular complexity index is 496. The zero-order valence-corrected chi connectivity index (χ0v) is 12.8. The van der Waals surface area contributed by atoms with Crippen LogP contribution in [0.3, 0.4) is 0 Å². The summed E-state index contributed by atoms with van der Waals surface area (Å²) in [5.41, 5.74) is 0.790. The number of carboxylic acids is 1. The molecule has 0 aliphatic heterocycles. The van der Waals surface area contributed by atoms with Crippen molar-refractivity contribution < 1.29 is 14.3 Å². The summed E-state index contributed by atoms with van der Waals surface area (Å²) in [5, 5.41) is 9.27. The molecule has 1 saturated carbocycles. The van der Waals surface area contributed by atoms with E-state index in [1.807, 2.05) is 0 Å². The van der Waals surface area contributed by atoms with Crippen molar-refractivity contribution in [2.45, 2.75) is 52.1 Å². The van der Waals surface area contributed by atoms with E-state index in [1.165, 1.54) is 31.7 Å². The summed E-state index contributed by atoms with van der Waals surface area (Å²) >= 11 is 0. The smallest absolute Gasteiger partial charge is 0.336 e. The van der Waals surface area contributed by atoms with E-state index in [0.29, 0.717) is 24.1 Å². The van der Waals surface area contributed by atoms with E-state index in [1.54, 1.807) is 6.07 Å². The van der Waals surface area contributed by atoms with Gasteiger partial charge in [-0.05, 0) is 36.5 Å². The highest BCUT2D eigenvalue weighted by molar-refractivity contribution is 5.89. The lowest BCUT2D eigenvalue weighted by Crippen LogP contribution is -2.36. The average Bonchev–Trinajstić information content (AvgIpc) is 2.93. The van der Waals surface area contributed by atoms with Gasteiger partial charge >= 0.3 is 5.97 Å². The maximum absolute atomic E-state index is 13.3. The monoisotopic (exact) mass is 293 g/mol. The molecule has 1 fully saturated rings. The normalized spacial score (nSPS) is 16.0. The Hall–Kier alpha value is -1.42. The highest BCUT2D eigenvalue weighted by Gasteiger charge is 2.24. The number of carbonyl (C=O) groups is 1. The van der Waals surface area contributed by atoms with Crippen molar-refractivity contribution in [2.24, 2.45) is 5.92 Å². The predicted molar refractivity (Wildman–Crippen MR) is 80.9 cm³/mol. The highest BCUT2D eigenvalue weighted by atomic mass is 19.1. The minimum absolute atomic E-state index is 0.0850. The van der Waals surface area contributed by atoms with Gasteiger partial charge in [0.05, 0.1) is 5.56 Å². The van der Waals surface area contributed by atoms with Crippen molar-refractivity contribution in [2.75, 3.05) is 6.54 Å². The van der Waals surface area contributed by atoms with Gasteiger partial charge in [0.1, 0.15) is 5.82 Å². The molecule has 1 aliphatic carbocycles. The summed E-state index contributed by atoms with van der Waals surface area (Å²) in [6.07, 6.45) is 4.84. The van der Waals surface area contributed by atoms with Crippen LogP contribution >= 0.6 is 0 Å². The van der Waals surface area contributed by atoms with Crippen LogP contribution in [0.15, 0.2) is 18.2 Å². The molecule has 0 radical (unpaired) electrons. The number of benzene rings is 1. The standard InChI is InChI=1S/C17H24FNO2/c1-12(2)10-19(15-5-3-4-6-15)11-13-7-8-14(18)9-16(13)17(20)21/h7-9,12,15H,3-6,10-11H2,1-2H3,(H,20,21). The molecule has 1 aromatic rings. The number of nitrogens with zero attached hydrogens (tertiary/aromatic N) is 1. The van der Waals surface area contributed by atoms with Crippen molar-refractivity contribution in [3.05, 3.63) is 35.1 Å². The Morgan fingerprint density at radius 2 is 2.05 bits per heavy atom. The second-order valence-corrected chi connectivity index (χ2v) is 6.37. The molecule has 0 unspecified atom stereocenters. The molecule has 0 bridgehead atoms. The minimum Gasteiger partial charge on any atom is -0.478 e. The minimum atomic E-state index is -1.06. The average molecular weight is 293 g/mol. The van der Waals surface area contributed by atoms with Gasteiger partial charge in [0.2, 0.25) is 0 Å². The van der Waals surface area contributed by atoms with E-state index in [4.69, 9.17) is 0 Å². The highest BCUT2D eigenvalue weighted by Crippen LogP contribution is 2.26. The molecule has 21 heavy (non-hydrogen) atoms. The summed E-state index contributed by atoms with van der Waals surface area (Å²) in [6.45, 7) is 5.88. The lowest BCUT2D eigenvalue weighted by molar-refractivity contribution is 0.0692. The topological polar surface area (TPSA) is 40.5 Å². The van der Waals surface area contributed by atoms with E-state index < -0.39 is 11.8 Å². The van der Waals surface area contributed by atoms with Crippen LogP contribution in [-0.2, 0) is 6.54 Å². The lowest BCUT2D eigenvalue weighted by Gasteiger charge is -2.31. The van der Waals surface area contributed by atoms with E-state index >= 15 is 0 Å².